The number of para-hydroxylation sites is 1. The number of hydrogen-bond donors (Lipinski definition) is 0. The van der Waals surface area contributed by atoms with E-state index in [1.165, 1.54) is 11.3 Å². The van der Waals surface area contributed by atoms with Crippen molar-refractivity contribution in [2.45, 2.75) is 19.8 Å². The molecule has 0 spiro atoms. The Hall–Kier alpha value is -2.28. The summed E-state index contributed by atoms with van der Waals surface area (Å²) in [6.07, 6.45) is 14.3. The summed E-state index contributed by atoms with van der Waals surface area (Å²) < 4.78 is 0. The van der Waals surface area contributed by atoms with E-state index in [4.69, 9.17) is 0 Å². The smallest absolute Gasteiger partial charge is 0.0496 e. The van der Waals surface area contributed by atoms with E-state index in [0.717, 1.165) is 24.2 Å². The second kappa shape index (κ2) is 6.76. The Morgan fingerprint density at radius 1 is 1.30 bits per heavy atom. The number of anilines is 1. The van der Waals surface area contributed by atoms with Crippen LogP contribution in [0.25, 0.3) is 0 Å². The molecule has 0 aliphatic carbocycles. The van der Waals surface area contributed by atoms with Gasteiger partial charge in [0, 0.05) is 17.1 Å². The Morgan fingerprint density at radius 2 is 2.10 bits per heavy atom. The Bertz CT molecular complexity index is 588. The molecule has 1 aromatic carbocycles. The molecular weight excluding hydrogens is 242 g/mol. The molecule has 0 N–H and O–H groups in total. The zero-order chi connectivity index (χ0) is 14.4. The average Bonchev–Trinajstić information content (AvgIpc) is 2.54. The van der Waals surface area contributed by atoms with Crippen LogP contribution in [0.5, 0.6) is 0 Å². The molecule has 0 amide bonds. The van der Waals surface area contributed by atoms with Gasteiger partial charge >= 0.3 is 0 Å². The van der Waals surface area contributed by atoms with Gasteiger partial charge in [0.25, 0.3) is 0 Å². The maximum atomic E-state index is 4.21. The van der Waals surface area contributed by atoms with Gasteiger partial charge in [0.1, 0.15) is 0 Å². The lowest BCUT2D eigenvalue weighted by Crippen LogP contribution is -2.20. The van der Waals surface area contributed by atoms with Crippen molar-refractivity contribution in [2.24, 2.45) is 0 Å². The predicted molar refractivity (Wildman–Crippen MR) is 88.6 cm³/mol. The van der Waals surface area contributed by atoms with Crippen LogP contribution in [0.2, 0.25) is 0 Å². The number of nitrogens with zero attached hydrogens (tertiary/aromatic N) is 1. The van der Waals surface area contributed by atoms with E-state index in [9.17, 15) is 0 Å². The molecule has 2 rings (SSSR count). The summed E-state index contributed by atoms with van der Waals surface area (Å²) in [6, 6.07) is 8.45. The fraction of sp³-hybridized carbons (Fsp3) is 0.158. The summed E-state index contributed by atoms with van der Waals surface area (Å²) in [5.41, 5.74) is 4.49. The second-order valence-electron chi connectivity index (χ2n) is 4.69. The molecular formula is C19H21N. The van der Waals surface area contributed by atoms with Gasteiger partial charge in [-0.05, 0) is 36.6 Å². The van der Waals surface area contributed by atoms with E-state index in [1.807, 2.05) is 18.2 Å². The van der Waals surface area contributed by atoms with Gasteiger partial charge in [0.05, 0.1) is 0 Å². The molecule has 1 aliphatic heterocycles. The molecule has 0 radical (unpaired) electrons. The molecule has 0 unspecified atom stereocenters. The summed E-state index contributed by atoms with van der Waals surface area (Å²) in [4.78, 5) is 2.18. The lowest BCUT2D eigenvalue weighted by molar-refractivity contribution is 1.08. The van der Waals surface area contributed by atoms with Crippen LogP contribution in [0.4, 0.5) is 5.69 Å². The van der Waals surface area contributed by atoms with Crippen LogP contribution in [-0.2, 0) is 6.42 Å². The molecule has 1 heteroatoms. The van der Waals surface area contributed by atoms with Crippen LogP contribution >= 0.6 is 0 Å². The largest absolute Gasteiger partial charge is 0.311 e. The third-order valence-corrected chi connectivity index (χ3v) is 3.27. The third kappa shape index (κ3) is 3.00. The van der Waals surface area contributed by atoms with Crippen LogP contribution < -0.4 is 4.90 Å². The fourth-order valence-electron chi connectivity index (χ4n) is 2.35. The lowest BCUT2D eigenvalue weighted by atomic mass is 10.1. The molecule has 1 heterocycles. The molecule has 1 aromatic rings. The highest BCUT2D eigenvalue weighted by Gasteiger charge is 2.15. The van der Waals surface area contributed by atoms with Crippen molar-refractivity contribution >= 4 is 5.69 Å². The minimum atomic E-state index is 0.918. The number of benzene rings is 1. The molecule has 0 bridgehead atoms. The zero-order valence-electron chi connectivity index (χ0n) is 12.0. The van der Waals surface area contributed by atoms with Crippen molar-refractivity contribution in [1.29, 1.82) is 0 Å². The third-order valence-electron chi connectivity index (χ3n) is 3.27. The van der Waals surface area contributed by atoms with Gasteiger partial charge in [0.2, 0.25) is 0 Å². The topological polar surface area (TPSA) is 3.24 Å². The average molecular weight is 263 g/mol. The Labute approximate surface area is 121 Å². The summed E-state index contributed by atoms with van der Waals surface area (Å²) in [5, 5.41) is 0. The van der Waals surface area contributed by atoms with Gasteiger partial charge in [-0.15, -0.1) is 0 Å². The summed E-state index contributed by atoms with van der Waals surface area (Å²) in [5.74, 6) is 0. The quantitative estimate of drug-likeness (QED) is 0.681. The van der Waals surface area contributed by atoms with E-state index in [2.05, 4.69) is 67.5 Å². The van der Waals surface area contributed by atoms with Crippen molar-refractivity contribution in [3.63, 3.8) is 0 Å². The number of hydrogen-bond acceptors (Lipinski definition) is 1. The van der Waals surface area contributed by atoms with Crippen molar-refractivity contribution in [3.05, 3.63) is 90.8 Å². The molecule has 0 atom stereocenters. The molecule has 0 saturated carbocycles. The first kappa shape index (κ1) is 14.1. The predicted octanol–water partition coefficient (Wildman–Crippen LogP) is 5.16. The maximum Gasteiger partial charge on any atom is 0.0496 e. The van der Waals surface area contributed by atoms with Crippen molar-refractivity contribution in [2.75, 3.05) is 4.90 Å². The van der Waals surface area contributed by atoms with Gasteiger partial charge in [-0.1, -0.05) is 62.6 Å². The number of rotatable bonds is 3. The number of allylic oxidation sites excluding steroid dienone is 6. The van der Waals surface area contributed by atoms with Crippen molar-refractivity contribution in [1.82, 2.24) is 0 Å². The first-order valence-corrected chi connectivity index (χ1v) is 7.00. The Kier molecular flexibility index (Phi) is 4.78. The molecule has 0 aromatic heterocycles. The first-order valence-electron chi connectivity index (χ1n) is 7.00. The summed E-state index contributed by atoms with van der Waals surface area (Å²) in [7, 11) is 0. The standard InChI is InChI=1S/C19H21N/c1-4-11-18(5-2)20-16(3)12-7-6-8-13-17-14-9-10-15-19(17)20/h5-12,14-15H,2-4,13H2,1H3/b8-6-,12-7-,18-11+. The highest BCUT2D eigenvalue weighted by molar-refractivity contribution is 5.66. The van der Waals surface area contributed by atoms with Crippen LogP contribution in [0, 0.1) is 0 Å². The Morgan fingerprint density at radius 3 is 2.85 bits per heavy atom. The van der Waals surface area contributed by atoms with Gasteiger partial charge in [0.15, 0.2) is 0 Å². The lowest BCUT2D eigenvalue weighted by Gasteiger charge is -2.28. The SMILES string of the molecule is C=C/C(=C\CC)N1C(=C)/C=C\C=C/Cc2ccccc21. The van der Waals surface area contributed by atoms with Gasteiger partial charge in [-0.2, -0.15) is 0 Å². The molecule has 0 fully saturated rings. The fourth-order valence-corrected chi connectivity index (χ4v) is 2.35. The van der Waals surface area contributed by atoms with E-state index < -0.39 is 0 Å². The van der Waals surface area contributed by atoms with E-state index in [0.29, 0.717) is 0 Å². The Balaban J connectivity index is 2.59. The molecule has 102 valence electrons. The van der Waals surface area contributed by atoms with Crippen molar-refractivity contribution < 1.29 is 0 Å². The zero-order valence-corrected chi connectivity index (χ0v) is 12.0. The minimum Gasteiger partial charge on any atom is -0.311 e. The molecule has 1 aliphatic rings. The summed E-state index contributed by atoms with van der Waals surface area (Å²) >= 11 is 0. The van der Waals surface area contributed by atoms with Crippen LogP contribution in [0.3, 0.4) is 0 Å². The molecule has 1 nitrogen and oxygen atoms in total. The van der Waals surface area contributed by atoms with Gasteiger partial charge in [-0.3, -0.25) is 0 Å². The normalized spacial score (nSPS) is 18.6. The van der Waals surface area contributed by atoms with Crippen LogP contribution in [0.1, 0.15) is 18.9 Å². The van der Waals surface area contributed by atoms with Crippen LogP contribution in [0.15, 0.2) is 85.3 Å². The first-order chi connectivity index (χ1) is 9.77. The molecule has 0 saturated heterocycles. The van der Waals surface area contributed by atoms with E-state index in [-0.39, 0.29) is 0 Å². The highest BCUT2D eigenvalue weighted by atomic mass is 15.2. The van der Waals surface area contributed by atoms with Gasteiger partial charge < -0.3 is 4.90 Å². The van der Waals surface area contributed by atoms with Crippen LogP contribution in [-0.4, -0.2) is 0 Å². The maximum absolute atomic E-state index is 4.21. The van der Waals surface area contributed by atoms with Gasteiger partial charge in [-0.25, -0.2) is 0 Å². The highest BCUT2D eigenvalue weighted by Crippen LogP contribution is 2.30. The van der Waals surface area contributed by atoms with E-state index in [1.54, 1.807) is 0 Å². The number of fused-ring (bicyclic) bond motifs is 1. The molecule has 20 heavy (non-hydrogen) atoms. The van der Waals surface area contributed by atoms with E-state index >= 15 is 0 Å². The minimum absolute atomic E-state index is 0.918. The summed E-state index contributed by atoms with van der Waals surface area (Å²) in [6.45, 7) is 10.3. The monoisotopic (exact) mass is 263 g/mol. The second-order valence-corrected chi connectivity index (χ2v) is 4.69. The van der Waals surface area contributed by atoms with Crippen molar-refractivity contribution in [3.8, 4) is 0 Å².